The summed E-state index contributed by atoms with van der Waals surface area (Å²) in [6, 6.07) is 59.9. The molecular weight excluding hydrogens is 669 g/mol. The van der Waals surface area contributed by atoms with Crippen molar-refractivity contribution in [2.45, 2.75) is 12.3 Å². The van der Waals surface area contributed by atoms with Crippen LogP contribution in [0.4, 0.5) is 0 Å². The topological polar surface area (TPSA) is 43.6 Å². The maximum Gasteiger partial charge on any atom is 0.0972 e. The van der Waals surface area contributed by atoms with Gasteiger partial charge in [0.1, 0.15) is 0 Å². The van der Waals surface area contributed by atoms with Crippen molar-refractivity contribution in [1.82, 2.24) is 19.5 Å². The van der Waals surface area contributed by atoms with Crippen LogP contribution in [-0.4, -0.2) is 19.5 Å². The molecule has 0 saturated heterocycles. The highest BCUT2D eigenvalue weighted by Gasteiger charge is 2.22. The molecule has 6 aromatic carbocycles. The van der Waals surface area contributed by atoms with Gasteiger partial charge in [-0.15, -0.1) is 0 Å². The number of pyridine rings is 3. The van der Waals surface area contributed by atoms with Gasteiger partial charge in [-0.2, -0.15) is 0 Å². The van der Waals surface area contributed by atoms with E-state index in [1.807, 2.05) is 6.07 Å². The molecule has 1 aliphatic rings. The van der Waals surface area contributed by atoms with Crippen LogP contribution in [0.2, 0.25) is 0 Å². The second kappa shape index (κ2) is 12.8. The van der Waals surface area contributed by atoms with Gasteiger partial charge >= 0.3 is 0 Å². The molecule has 55 heavy (non-hydrogen) atoms. The lowest BCUT2D eigenvalue weighted by Gasteiger charge is -2.20. The molecule has 0 radical (unpaired) electrons. The third-order valence-electron chi connectivity index (χ3n) is 11.1. The number of aromatic nitrogens is 4. The SMILES string of the molecule is C1=CC(c2ccc(-c3ccc4ccc5ccc(-c6ccccc6)nc5c4n3)cc2)CC=C1n1c2ccccc2c2c3ccccc3nc(-c3ccccc3)c21. The van der Waals surface area contributed by atoms with Gasteiger partial charge in [0.15, 0.2) is 0 Å². The molecule has 0 spiro atoms. The maximum absolute atomic E-state index is 5.29. The summed E-state index contributed by atoms with van der Waals surface area (Å²) in [5.74, 6) is 0.271. The van der Waals surface area contributed by atoms with Crippen molar-refractivity contribution in [1.29, 1.82) is 0 Å². The first-order chi connectivity index (χ1) is 27.3. The predicted octanol–water partition coefficient (Wildman–Crippen LogP) is 13.0. The number of benzene rings is 6. The van der Waals surface area contributed by atoms with E-state index in [2.05, 4.69) is 187 Å². The van der Waals surface area contributed by atoms with E-state index in [1.165, 1.54) is 32.9 Å². The lowest BCUT2D eigenvalue weighted by molar-refractivity contribution is 0.850. The van der Waals surface area contributed by atoms with E-state index >= 15 is 0 Å². The zero-order valence-electron chi connectivity index (χ0n) is 30.0. The van der Waals surface area contributed by atoms with Crippen LogP contribution in [0.3, 0.4) is 0 Å². The van der Waals surface area contributed by atoms with Gasteiger partial charge in [-0.05, 0) is 42.3 Å². The van der Waals surface area contributed by atoms with Crippen LogP contribution in [0.1, 0.15) is 17.9 Å². The molecule has 1 atom stereocenters. The summed E-state index contributed by atoms with van der Waals surface area (Å²) < 4.78 is 2.43. The van der Waals surface area contributed by atoms with Gasteiger partial charge in [-0.1, -0.05) is 158 Å². The Bertz CT molecular complexity index is 3160. The Morgan fingerprint density at radius 2 is 1.07 bits per heavy atom. The average Bonchev–Trinajstić information content (AvgIpc) is 3.62. The Morgan fingerprint density at radius 1 is 0.491 bits per heavy atom. The van der Waals surface area contributed by atoms with Gasteiger partial charge in [-0.25, -0.2) is 15.0 Å². The van der Waals surface area contributed by atoms with Crippen molar-refractivity contribution < 1.29 is 0 Å². The highest BCUT2D eigenvalue weighted by atomic mass is 15.0. The minimum absolute atomic E-state index is 0.271. The molecule has 0 aliphatic heterocycles. The number of fused-ring (bicyclic) bond motifs is 8. The van der Waals surface area contributed by atoms with Crippen LogP contribution in [0, 0.1) is 0 Å². The van der Waals surface area contributed by atoms with Crippen molar-refractivity contribution in [3.8, 4) is 33.8 Å². The van der Waals surface area contributed by atoms with Crippen LogP contribution in [0.5, 0.6) is 0 Å². The van der Waals surface area contributed by atoms with Crippen molar-refractivity contribution in [3.63, 3.8) is 0 Å². The maximum atomic E-state index is 5.29. The molecule has 1 aliphatic carbocycles. The third-order valence-corrected chi connectivity index (χ3v) is 11.1. The van der Waals surface area contributed by atoms with Crippen LogP contribution in [0.25, 0.3) is 94.0 Å². The van der Waals surface area contributed by atoms with Crippen LogP contribution in [-0.2, 0) is 0 Å². The molecule has 4 aromatic heterocycles. The molecule has 11 rings (SSSR count). The van der Waals surface area contributed by atoms with Crippen molar-refractivity contribution in [2.24, 2.45) is 0 Å². The van der Waals surface area contributed by atoms with Crippen LogP contribution >= 0.6 is 0 Å². The van der Waals surface area contributed by atoms with Gasteiger partial charge in [0.05, 0.1) is 44.7 Å². The second-order valence-electron chi connectivity index (χ2n) is 14.3. The van der Waals surface area contributed by atoms with E-state index in [0.29, 0.717) is 0 Å². The number of rotatable bonds is 5. The summed E-state index contributed by atoms with van der Waals surface area (Å²) in [4.78, 5) is 15.6. The fourth-order valence-corrected chi connectivity index (χ4v) is 8.38. The van der Waals surface area contributed by atoms with Gasteiger partial charge in [-0.3, -0.25) is 0 Å². The Labute approximate surface area is 318 Å². The quantitative estimate of drug-likeness (QED) is 0.168. The molecule has 0 fully saturated rings. The highest BCUT2D eigenvalue weighted by molar-refractivity contribution is 6.24. The standard InChI is InChI=1S/C51H34N4/c1-3-11-35(12-4-1)43-31-27-38-23-24-39-28-32-44(53-49(39)48(38)52-43)36-21-19-33(20-22-36)34-25-29-40(30-26-34)55-46-18-10-8-16-42(46)47-41-15-7-9-17-45(41)54-50(51(47)55)37-13-5-2-6-14-37/h1-25,27-32,34H,26H2. The van der Waals surface area contributed by atoms with Crippen molar-refractivity contribution >= 4 is 60.2 Å². The fourth-order valence-electron chi connectivity index (χ4n) is 8.38. The van der Waals surface area contributed by atoms with E-state index in [0.717, 1.165) is 73.0 Å². The smallest absolute Gasteiger partial charge is 0.0972 e. The number of allylic oxidation sites excluding steroid dienone is 4. The molecule has 258 valence electrons. The lowest BCUT2D eigenvalue weighted by atomic mass is 9.90. The van der Waals surface area contributed by atoms with E-state index in [4.69, 9.17) is 15.0 Å². The summed E-state index contributed by atoms with van der Waals surface area (Å²) in [6.07, 6.45) is 7.94. The van der Waals surface area contributed by atoms with Crippen LogP contribution < -0.4 is 0 Å². The van der Waals surface area contributed by atoms with E-state index < -0.39 is 0 Å². The molecule has 4 nitrogen and oxygen atoms in total. The molecule has 0 saturated carbocycles. The third kappa shape index (κ3) is 5.25. The second-order valence-corrected chi connectivity index (χ2v) is 14.3. The zero-order valence-corrected chi connectivity index (χ0v) is 30.0. The minimum atomic E-state index is 0.271. The number of para-hydroxylation sites is 2. The number of hydrogen-bond acceptors (Lipinski definition) is 3. The summed E-state index contributed by atoms with van der Waals surface area (Å²) >= 11 is 0. The summed E-state index contributed by atoms with van der Waals surface area (Å²) in [5.41, 5.74) is 13.9. The van der Waals surface area contributed by atoms with E-state index in [-0.39, 0.29) is 5.92 Å². The van der Waals surface area contributed by atoms with Crippen molar-refractivity contribution in [3.05, 3.63) is 194 Å². The minimum Gasteiger partial charge on any atom is -0.307 e. The first-order valence-electron chi connectivity index (χ1n) is 18.9. The Kier molecular flexibility index (Phi) is 7.27. The van der Waals surface area contributed by atoms with Crippen LogP contribution in [0.15, 0.2) is 188 Å². The van der Waals surface area contributed by atoms with Gasteiger partial charge < -0.3 is 4.57 Å². The average molecular weight is 703 g/mol. The highest BCUT2D eigenvalue weighted by Crippen LogP contribution is 2.42. The Balaban J connectivity index is 0.943. The Morgan fingerprint density at radius 3 is 1.75 bits per heavy atom. The normalized spacial score (nSPS) is 14.3. The number of nitrogens with zero attached hydrogens (tertiary/aromatic N) is 4. The van der Waals surface area contributed by atoms with E-state index in [9.17, 15) is 0 Å². The zero-order chi connectivity index (χ0) is 36.3. The molecule has 0 amide bonds. The fraction of sp³-hybridized carbons (Fsp3) is 0.0392. The largest absolute Gasteiger partial charge is 0.307 e. The molecule has 1 unspecified atom stereocenters. The van der Waals surface area contributed by atoms with Crippen molar-refractivity contribution in [2.75, 3.05) is 0 Å². The summed E-state index contributed by atoms with van der Waals surface area (Å²) in [7, 11) is 0. The summed E-state index contributed by atoms with van der Waals surface area (Å²) in [6.45, 7) is 0. The van der Waals surface area contributed by atoms with E-state index in [1.54, 1.807) is 0 Å². The van der Waals surface area contributed by atoms with Gasteiger partial charge in [0.25, 0.3) is 0 Å². The molecule has 0 bridgehead atoms. The molecular formula is C51H34N4. The first-order valence-corrected chi connectivity index (χ1v) is 18.9. The molecule has 0 N–H and O–H groups in total. The summed E-state index contributed by atoms with van der Waals surface area (Å²) in [5, 5.41) is 5.83. The monoisotopic (exact) mass is 702 g/mol. The molecule has 10 aromatic rings. The predicted molar refractivity (Wildman–Crippen MR) is 229 cm³/mol. The van der Waals surface area contributed by atoms with Gasteiger partial charge in [0, 0.05) is 55.2 Å². The van der Waals surface area contributed by atoms with Gasteiger partial charge in [0.2, 0.25) is 0 Å². The lowest BCUT2D eigenvalue weighted by Crippen LogP contribution is -2.04. The molecule has 4 heteroatoms. The number of hydrogen-bond donors (Lipinski definition) is 0. The first kappa shape index (κ1) is 31.4. The Hall–Kier alpha value is -7.17. The molecule has 4 heterocycles.